The third kappa shape index (κ3) is 3.01. The van der Waals surface area contributed by atoms with E-state index in [1.807, 2.05) is 6.07 Å². The van der Waals surface area contributed by atoms with Crippen LogP contribution in [0.15, 0.2) is 18.6 Å². The summed E-state index contributed by atoms with van der Waals surface area (Å²) in [7, 11) is 0. The van der Waals surface area contributed by atoms with Gasteiger partial charge >= 0.3 is 0 Å². The van der Waals surface area contributed by atoms with E-state index in [-0.39, 0.29) is 11.3 Å². The van der Waals surface area contributed by atoms with Gasteiger partial charge < -0.3 is 20.4 Å². The van der Waals surface area contributed by atoms with Crippen LogP contribution < -0.4 is 10.6 Å². The van der Waals surface area contributed by atoms with E-state index >= 15 is 0 Å². The van der Waals surface area contributed by atoms with Crippen LogP contribution in [0.25, 0.3) is 11.2 Å². The molecule has 0 amide bonds. The molecule has 10 heteroatoms. The predicted octanol–water partition coefficient (Wildman–Crippen LogP) is 1.22. The average Bonchev–Trinajstić information content (AvgIpc) is 2.92. The Kier molecular flexibility index (Phi) is 3.64. The topological polar surface area (TPSA) is 114 Å². The van der Waals surface area contributed by atoms with Crippen LogP contribution in [0.2, 0.25) is 5.28 Å². The fourth-order valence-corrected chi connectivity index (χ4v) is 2.34. The molecule has 9 nitrogen and oxygen atoms in total. The van der Waals surface area contributed by atoms with Crippen molar-refractivity contribution >= 4 is 34.5 Å². The van der Waals surface area contributed by atoms with Gasteiger partial charge in [-0.3, -0.25) is 0 Å². The second-order valence-electron chi connectivity index (χ2n) is 5.06. The number of anilines is 2. The quantitative estimate of drug-likeness (QED) is 0.598. The maximum absolute atomic E-state index is 5.98. The Balaban J connectivity index is 1.59. The van der Waals surface area contributed by atoms with Gasteiger partial charge in [0, 0.05) is 6.20 Å². The highest BCUT2D eigenvalue weighted by Gasteiger charge is 2.20. The van der Waals surface area contributed by atoms with Crippen LogP contribution in [0.1, 0.15) is 5.69 Å². The molecule has 4 heterocycles. The highest BCUT2D eigenvalue weighted by atomic mass is 35.5. The standard InChI is InChI=1S/C13H13ClN8O/c14-12-20-10(16-3-7-1-2-15-6-17-7)9-11(21-12)22-13(19-9)18-8-4-23-5-8/h1-2,6,8H,3-5H2,(H3,16,18,19,20,21,22). The number of ether oxygens (including phenoxy) is 1. The molecule has 4 rings (SSSR count). The lowest BCUT2D eigenvalue weighted by Crippen LogP contribution is -2.40. The molecule has 23 heavy (non-hydrogen) atoms. The summed E-state index contributed by atoms with van der Waals surface area (Å²) in [4.78, 5) is 24.0. The zero-order valence-corrected chi connectivity index (χ0v) is 12.7. The van der Waals surface area contributed by atoms with Crippen molar-refractivity contribution in [3.8, 4) is 0 Å². The minimum absolute atomic E-state index is 0.143. The minimum atomic E-state index is 0.143. The zero-order chi connectivity index (χ0) is 15.6. The maximum atomic E-state index is 5.98. The van der Waals surface area contributed by atoms with Crippen LogP contribution >= 0.6 is 11.6 Å². The molecule has 3 N–H and O–H groups in total. The van der Waals surface area contributed by atoms with Crippen LogP contribution in [0.5, 0.6) is 0 Å². The van der Waals surface area contributed by atoms with E-state index in [1.54, 1.807) is 6.20 Å². The molecule has 3 aromatic heterocycles. The molecule has 1 aliphatic rings. The van der Waals surface area contributed by atoms with Gasteiger partial charge in [-0.1, -0.05) is 0 Å². The van der Waals surface area contributed by atoms with E-state index in [0.717, 1.165) is 5.69 Å². The molecule has 0 unspecified atom stereocenters. The largest absolute Gasteiger partial charge is 0.377 e. The summed E-state index contributed by atoms with van der Waals surface area (Å²) in [6.45, 7) is 1.82. The maximum Gasteiger partial charge on any atom is 0.226 e. The lowest BCUT2D eigenvalue weighted by molar-refractivity contribution is 0.0208. The summed E-state index contributed by atoms with van der Waals surface area (Å²) in [6, 6.07) is 2.08. The van der Waals surface area contributed by atoms with Crippen molar-refractivity contribution in [1.29, 1.82) is 0 Å². The molecule has 0 saturated carbocycles. The van der Waals surface area contributed by atoms with E-state index in [9.17, 15) is 0 Å². The summed E-state index contributed by atoms with van der Waals surface area (Å²) < 4.78 is 5.13. The average molecular weight is 333 g/mol. The van der Waals surface area contributed by atoms with Gasteiger partial charge in [0.2, 0.25) is 11.2 Å². The number of nitrogens with one attached hydrogen (secondary N) is 3. The minimum Gasteiger partial charge on any atom is -0.377 e. The SMILES string of the molecule is Clc1nc(NCc2ccncn2)c2nc(NC3COC3)[nH]c2n1. The molecular formula is C13H13ClN8O. The van der Waals surface area contributed by atoms with Crippen LogP contribution in [0, 0.1) is 0 Å². The number of aromatic nitrogens is 6. The van der Waals surface area contributed by atoms with Gasteiger partial charge in [-0.25, -0.2) is 15.0 Å². The van der Waals surface area contributed by atoms with Gasteiger partial charge in [-0.05, 0) is 17.7 Å². The highest BCUT2D eigenvalue weighted by molar-refractivity contribution is 6.28. The fraction of sp³-hybridized carbons (Fsp3) is 0.308. The summed E-state index contributed by atoms with van der Waals surface area (Å²) >= 11 is 5.98. The number of imidazole rings is 1. The summed E-state index contributed by atoms with van der Waals surface area (Å²) in [5, 5.41) is 6.56. The number of hydrogen-bond acceptors (Lipinski definition) is 8. The molecule has 0 atom stereocenters. The Morgan fingerprint density at radius 2 is 2.22 bits per heavy atom. The van der Waals surface area contributed by atoms with Gasteiger partial charge in [0.15, 0.2) is 17.0 Å². The summed E-state index contributed by atoms with van der Waals surface area (Å²) in [5.74, 6) is 1.17. The van der Waals surface area contributed by atoms with Crippen molar-refractivity contribution in [2.24, 2.45) is 0 Å². The number of halogens is 1. The van der Waals surface area contributed by atoms with Crippen LogP contribution in [0.4, 0.5) is 11.8 Å². The van der Waals surface area contributed by atoms with Crippen molar-refractivity contribution < 1.29 is 4.74 Å². The first-order valence-corrected chi connectivity index (χ1v) is 7.42. The number of aromatic amines is 1. The Morgan fingerprint density at radius 1 is 1.30 bits per heavy atom. The van der Waals surface area contributed by atoms with Crippen LogP contribution in [-0.2, 0) is 11.3 Å². The first kappa shape index (κ1) is 14.1. The van der Waals surface area contributed by atoms with Gasteiger partial charge in [0.1, 0.15) is 6.33 Å². The number of hydrogen-bond donors (Lipinski definition) is 3. The van der Waals surface area contributed by atoms with E-state index in [0.29, 0.717) is 42.7 Å². The van der Waals surface area contributed by atoms with Crippen LogP contribution in [0.3, 0.4) is 0 Å². The predicted molar refractivity (Wildman–Crippen MR) is 84.3 cm³/mol. The molecule has 0 aliphatic carbocycles. The van der Waals surface area contributed by atoms with Gasteiger partial charge in [0.25, 0.3) is 0 Å². The number of nitrogens with zero attached hydrogens (tertiary/aromatic N) is 5. The lowest BCUT2D eigenvalue weighted by Gasteiger charge is -2.26. The van der Waals surface area contributed by atoms with E-state index in [2.05, 4.69) is 40.5 Å². The number of rotatable bonds is 5. The third-order valence-corrected chi connectivity index (χ3v) is 3.55. The molecule has 1 aliphatic heterocycles. The molecule has 1 fully saturated rings. The van der Waals surface area contributed by atoms with Crippen LogP contribution in [-0.4, -0.2) is 49.2 Å². The fourth-order valence-electron chi connectivity index (χ4n) is 2.17. The normalized spacial score (nSPS) is 14.7. The Hall–Kier alpha value is -2.52. The molecule has 0 aromatic carbocycles. The van der Waals surface area contributed by atoms with E-state index < -0.39 is 0 Å². The Bertz CT molecular complexity index is 819. The zero-order valence-electron chi connectivity index (χ0n) is 12.0. The second-order valence-corrected chi connectivity index (χ2v) is 5.39. The van der Waals surface area contributed by atoms with Gasteiger partial charge in [-0.2, -0.15) is 9.97 Å². The van der Waals surface area contributed by atoms with Crippen molar-refractivity contribution in [3.05, 3.63) is 29.6 Å². The van der Waals surface area contributed by atoms with Gasteiger partial charge in [-0.15, -0.1) is 0 Å². The smallest absolute Gasteiger partial charge is 0.226 e. The summed E-state index contributed by atoms with van der Waals surface area (Å²) in [5.41, 5.74) is 2.02. The van der Waals surface area contributed by atoms with E-state index in [4.69, 9.17) is 16.3 Å². The van der Waals surface area contributed by atoms with Crippen molar-refractivity contribution in [1.82, 2.24) is 29.9 Å². The highest BCUT2D eigenvalue weighted by Crippen LogP contribution is 2.23. The lowest BCUT2D eigenvalue weighted by atomic mass is 10.3. The number of H-pyrrole nitrogens is 1. The molecule has 3 aromatic rings. The Morgan fingerprint density at radius 3 is 2.96 bits per heavy atom. The molecule has 118 valence electrons. The second kappa shape index (κ2) is 5.94. The van der Waals surface area contributed by atoms with E-state index in [1.165, 1.54) is 6.33 Å². The number of fused-ring (bicyclic) bond motifs is 1. The van der Waals surface area contributed by atoms with Gasteiger partial charge in [0.05, 0.1) is 31.5 Å². The molecule has 0 spiro atoms. The molecule has 0 bridgehead atoms. The third-order valence-electron chi connectivity index (χ3n) is 3.38. The molecule has 1 saturated heterocycles. The van der Waals surface area contributed by atoms with Crippen molar-refractivity contribution in [2.75, 3.05) is 23.8 Å². The first-order valence-electron chi connectivity index (χ1n) is 7.04. The van der Waals surface area contributed by atoms with Crippen molar-refractivity contribution in [2.45, 2.75) is 12.6 Å². The van der Waals surface area contributed by atoms with Crippen molar-refractivity contribution in [3.63, 3.8) is 0 Å². The molecular weight excluding hydrogens is 320 g/mol. The molecule has 0 radical (unpaired) electrons. The monoisotopic (exact) mass is 332 g/mol. The summed E-state index contributed by atoms with van der Waals surface area (Å²) in [6.07, 6.45) is 3.18. The first-order chi connectivity index (χ1) is 11.3. The Labute approximate surface area is 135 Å².